The second kappa shape index (κ2) is 5.35. The van der Waals surface area contributed by atoms with Crippen molar-refractivity contribution in [2.75, 3.05) is 14.2 Å². The van der Waals surface area contributed by atoms with Crippen LogP contribution in [-0.4, -0.2) is 27.8 Å². The van der Waals surface area contributed by atoms with Crippen molar-refractivity contribution in [3.05, 3.63) is 30.3 Å². The first-order chi connectivity index (χ1) is 9.39. The fourth-order valence-electron chi connectivity index (χ4n) is 2.81. The molecule has 20 heavy (non-hydrogen) atoms. The van der Waals surface area contributed by atoms with Crippen molar-refractivity contribution in [2.45, 2.75) is 32.7 Å². The molecule has 0 aliphatic carbocycles. The van der Waals surface area contributed by atoms with Crippen LogP contribution in [0.4, 0.5) is 0 Å². The van der Waals surface area contributed by atoms with E-state index in [1.165, 1.54) is 5.39 Å². The standard InChI is InChI=1S/C16H25NO2Si/c1-12(2)16(3,4)20(18-5,19-6)15-11-13-9-7-8-10-14(13)17-15/h7-12,17H,1-6H3. The summed E-state index contributed by atoms with van der Waals surface area (Å²) in [5, 5.41) is 2.26. The fraction of sp³-hybridized carbons (Fsp3) is 0.500. The van der Waals surface area contributed by atoms with Gasteiger partial charge in [-0.1, -0.05) is 45.9 Å². The highest BCUT2D eigenvalue weighted by Gasteiger charge is 2.55. The lowest BCUT2D eigenvalue weighted by atomic mass is 9.99. The highest BCUT2D eigenvalue weighted by atomic mass is 28.4. The molecule has 1 N–H and O–H groups in total. The summed E-state index contributed by atoms with van der Waals surface area (Å²) in [5.41, 5.74) is 1.13. The molecule has 3 nitrogen and oxygen atoms in total. The van der Waals surface area contributed by atoms with Gasteiger partial charge in [0, 0.05) is 24.8 Å². The average molecular weight is 291 g/mol. The Bertz CT molecular complexity index is 552. The number of para-hydroxylation sites is 1. The van der Waals surface area contributed by atoms with E-state index in [1.54, 1.807) is 14.2 Å². The minimum Gasteiger partial charge on any atom is -0.393 e. The van der Waals surface area contributed by atoms with Gasteiger partial charge in [-0.3, -0.25) is 0 Å². The molecule has 2 rings (SSSR count). The molecule has 0 aliphatic rings. The third-order valence-corrected chi connectivity index (χ3v) is 9.15. The van der Waals surface area contributed by atoms with Crippen LogP contribution in [0.2, 0.25) is 5.04 Å². The minimum atomic E-state index is -2.55. The molecule has 2 aromatic rings. The van der Waals surface area contributed by atoms with E-state index in [9.17, 15) is 0 Å². The van der Waals surface area contributed by atoms with Crippen LogP contribution in [-0.2, 0) is 8.85 Å². The molecule has 110 valence electrons. The van der Waals surface area contributed by atoms with Crippen LogP contribution >= 0.6 is 0 Å². The van der Waals surface area contributed by atoms with E-state index in [0.29, 0.717) is 5.92 Å². The molecule has 0 saturated carbocycles. The number of aromatic nitrogens is 1. The topological polar surface area (TPSA) is 34.2 Å². The van der Waals surface area contributed by atoms with Gasteiger partial charge in [0.15, 0.2) is 0 Å². The van der Waals surface area contributed by atoms with Gasteiger partial charge in [0.1, 0.15) is 0 Å². The van der Waals surface area contributed by atoms with Crippen LogP contribution in [0.3, 0.4) is 0 Å². The molecule has 0 unspecified atom stereocenters. The van der Waals surface area contributed by atoms with E-state index in [4.69, 9.17) is 8.85 Å². The largest absolute Gasteiger partial charge is 0.394 e. The number of aromatic amines is 1. The first-order valence-electron chi connectivity index (χ1n) is 7.07. The van der Waals surface area contributed by atoms with Crippen molar-refractivity contribution < 1.29 is 8.85 Å². The normalized spacial score (nSPS) is 13.3. The van der Waals surface area contributed by atoms with Crippen LogP contribution in [0.15, 0.2) is 30.3 Å². The van der Waals surface area contributed by atoms with Crippen molar-refractivity contribution >= 4 is 24.8 Å². The van der Waals surface area contributed by atoms with Gasteiger partial charge in [-0.05, 0) is 23.4 Å². The number of hydrogen-bond acceptors (Lipinski definition) is 2. The Morgan fingerprint density at radius 2 is 1.70 bits per heavy atom. The Morgan fingerprint density at radius 1 is 1.10 bits per heavy atom. The summed E-state index contributed by atoms with van der Waals surface area (Å²) in [6.07, 6.45) is 0. The first-order valence-corrected chi connectivity index (χ1v) is 8.89. The summed E-state index contributed by atoms with van der Waals surface area (Å²) < 4.78 is 12.0. The maximum Gasteiger partial charge on any atom is 0.394 e. The predicted molar refractivity (Wildman–Crippen MR) is 86.6 cm³/mol. The van der Waals surface area contributed by atoms with Gasteiger partial charge >= 0.3 is 8.56 Å². The summed E-state index contributed by atoms with van der Waals surface area (Å²) in [4.78, 5) is 3.51. The van der Waals surface area contributed by atoms with Gasteiger partial charge in [0.05, 0.1) is 5.32 Å². The van der Waals surface area contributed by atoms with E-state index in [-0.39, 0.29) is 5.04 Å². The van der Waals surface area contributed by atoms with E-state index in [2.05, 4.69) is 56.9 Å². The van der Waals surface area contributed by atoms with Crippen LogP contribution < -0.4 is 5.32 Å². The summed E-state index contributed by atoms with van der Waals surface area (Å²) in [5.74, 6) is 0.459. The Hall–Kier alpha value is -1.10. The lowest BCUT2D eigenvalue weighted by molar-refractivity contribution is 0.206. The molecule has 4 heteroatoms. The van der Waals surface area contributed by atoms with Crippen molar-refractivity contribution in [1.29, 1.82) is 0 Å². The number of hydrogen-bond donors (Lipinski definition) is 1. The molecule has 0 radical (unpaired) electrons. The van der Waals surface area contributed by atoms with Crippen molar-refractivity contribution in [3.63, 3.8) is 0 Å². The molecule has 0 amide bonds. The van der Waals surface area contributed by atoms with E-state index < -0.39 is 8.56 Å². The summed E-state index contributed by atoms with van der Waals surface area (Å²) in [6.45, 7) is 8.93. The maximum atomic E-state index is 6.01. The molecular weight excluding hydrogens is 266 g/mol. The zero-order valence-corrected chi connectivity index (χ0v) is 14.3. The molecular formula is C16H25NO2Si. The lowest BCUT2D eigenvalue weighted by Crippen LogP contribution is -2.62. The zero-order chi connectivity index (χ0) is 15.0. The van der Waals surface area contributed by atoms with Crippen LogP contribution in [0.5, 0.6) is 0 Å². The van der Waals surface area contributed by atoms with Gasteiger partial charge in [0.25, 0.3) is 0 Å². The third kappa shape index (κ3) is 2.12. The Morgan fingerprint density at radius 3 is 2.20 bits per heavy atom. The van der Waals surface area contributed by atoms with E-state index in [0.717, 1.165) is 10.8 Å². The molecule has 1 aromatic heterocycles. The summed E-state index contributed by atoms with van der Waals surface area (Å²) >= 11 is 0. The van der Waals surface area contributed by atoms with Crippen LogP contribution in [0, 0.1) is 5.92 Å². The monoisotopic (exact) mass is 291 g/mol. The van der Waals surface area contributed by atoms with Gasteiger partial charge in [0.2, 0.25) is 0 Å². The first kappa shape index (κ1) is 15.3. The van der Waals surface area contributed by atoms with Crippen LogP contribution in [0.1, 0.15) is 27.7 Å². The Balaban J connectivity index is 2.63. The van der Waals surface area contributed by atoms with Gasteiger partial charge < -0.3 is 13.8 Å². The fourth-order valence-corrected chi connectivity index (χ4v) is 6.56. The van der Waals surface area contributed by atoms with Crippen LogP contribution in [0.25, 0.3) is 10.9 Å². The average Bonchev–Trinajstić information content (AvgIpc) is 2.84. The van der Waals surface area contributed by atoms with E-state index >= 15 is 0 Å². The molecule has 1 aromatic carbocycles. The van der Waals surface area contributed by atoms with Gasteiger partial charge in [-0.2, -0.15) is 0 Å². The minimum absolute atomic E-state index is 0.0443. The third-order valence-electron chi connectivity index (χ3n) is 4.75. The maximum absolute atomic E-state index is 6.01. The summed E-state index contributed by atoms with van der Waals surface area (Å²) in [7, 11) is 0.990. The molecule has 0 bridgehead atoms. The highest BCUT2D eigenvalue weighted by Crippen LogP contribution is 2.44. The number of benzene rings is 1. The second-order valence-electron chi connectivity index (χ2n) is 6.17. The molecule has 0 aliphatic heterocycles. The Labute approximate surface area is 122 Å². The number of rotatable bonds is 5. The number of nitrogens with one attached hydrogen (secondary N) is 1. The SMILES string of the molecule is CO[Si](OC)(c1cc2ccccc2[nH]1)C(C)(C)C(C)C. The predicted octanol–water partition coefficient (Wildman–Crippen LogP) is 3.55. The Kier molecular flexibility index (Phi) is 4.09. The molecule has 0 fully saturated rings. The van der Waals surface area contributed by atoms with Gasteiger partial charge in [-0.25, -0.2) is 0 Å². The number of H-pyrrole nitrogens is 1. The molecule has 0 atom stereocenters. The second-order valence-corrected chi connectivity index (χ2v) is 10.0. The zero-order valence-electron chi connectivity index (χ0n) is 13.3. The van der Waals surface area contributed by atoms with E-state index in [1.807, 2.05) is 6.07 Å². The number of fused-ring (bicyclic) bond motifs is 1. The highest BCUT2D eigenvalue weighted by molar-refractivity contribution is 6.83. The van der Waals surface area contributed by atoms with Crippen molar-refractivity contribution in [1.82, 2.24) is 4.98 Å². The van der Waals surface area contributed by atoms with Crippen molar-refractivity contribution in [3.8, 4) is 0 Å². The summed E-state index contributed by atoms with van der Waals surface area (Å²) in [6, 6.07) is 10.5. The molecule has 1 heterocycles. The van der Waals surface area contributed by atoms with Gasteiger partial charge in [-0.15, -0.1) is 0 Å². The molecule has 0 spiro atoms. The lowest BCUT2D eigenvalue weighted by Gasteiger charge is -2.43. The molecule has 0 saturated heterocycles. The quantitative estimate of drug-likeness (QED) is 0.855. The smallest absolute Gasteiger partial charge is 0.393 e. The van der Waals surface area contributed by atoms with Crippen molar-refractivity contribution in [2.24, 2.45) is 5.92 Å².